The topological polar surface area (TPSA) is 115 Å². The van der Waals surface area contributed by atoms with E-state index < -0.39 is 11.9 Å². The van der Waals surface area contributed by atoms with Crippen LogP contribution >= 0.6 is 0 Å². The lowest BCUT2D eigenvalue weighted by Gasteiger charge is -2.06. The van der Waals surface area contributed by atoms with Gasteiger partial charge in [0, 0.05) is 7.11 Å². The number of ether oxygens (including phenoxy) is 1. The van der Waals surface area contributed by atoms with Gasteiger partial charge in [-0.25, -0.2) is 14.3 Å². The summed E-state index contributed by atoms with van der Waals surface area (Å²) < 4.78 is 6.19. The Kier molecular flexibility index (Phi) is 3.76. The largest absolute Gasteiger partial charge is 0.478 e. The predicted molar refractivity (Wildman–Crippen MR) is 66.0 cm³/mol. The summed E-state index contributed by atoms with van der Waals surface area (Å²) in [7, 11) is 1.41. The van der Waals surface area contributed by atoms with E-state index in [2.05, 4.69) is 10.3 Å². The number of hydrogen-bond acceptors (Lipinski definition) is 5. The van der Waals surface area contributed by atoms with E-state index in [1.165, 1.54) is 30.0 Å². The highest BCUT2D eigenvalue weighted by atomic mass is 16.5. The second-order valence-electron chi connectivity index (χ2n) is 3.89. The molecule has 20 heavy (non-hydrogen) atoms. The molecule has 0 fully saturated rings. The van der Waals surface area contributed by atoms with Gasteiger partial charge in [-0.15, -0.1) is 5.10 Å². The third-order valence-electron chi connectivity index (χ3n) is 2.58. The van der Waals surface area contributed by atoms with Gasteiger partial charge in [0.05, 0.1) is 17.9 Å². The third kappa shape index (κ3) is 2.50. The monoisotopic (exact) mass is 277 g/mol. The molecule has 0 amide bonds. The minimum absolute atomic E-state index is 0.00800. The number of aromatic nitrogens is 3. The van der Waals surface area contributed by atoms with Crippen LogP contribution in [-0.4, -0.2) is 44.3 Å². The van der Waals surface area contributed by atoms with E-state index in [0.29, 0.717) is 5.69 Å². The first-order valence-corrected chi connectivity index (χ1v) is 5.55. The Labute approximate surface area is 113 Å². The van der Waals surface area contributed by atoms with E-state index in [9.17, 15) is 9.59 Å². The molecule has 8 nitrogen and oxygen atoms in total. The summed E-state index contributed by atoms with van der Waals surface area (Å²) in [6.45, 7) is -0.00800. The van der Waals surface area contributed by atoms with Crippen molar-refractivity contribution >= 4 is 11.9 Å². The minimum atomic E-state index is -1.22. The molecule has 104 valence electrons. The van der Waals surface area contributed by atoms with Crippen LogP contribution < -0.4 is 0 Å². The van der Waals surface area contributed by atoms with Gasteiger partial charge in [-0.1, -0.05) is 11.3 Å². The molecule has 2 rings (SSSR count). The summed E-state index contributed by atoms with van der Waals surface area (Å²) in [6.07, 6.45) is 0. The van der Waals surface area contributed by atoms with Crippen LogP contribution in [0.3, 0.4) is 0 Å². The van der Waals surface area contributed by atoms with Crippen LogP contribution in [-0.2, 0) is 11.3 Å². The van der Waals surface area contributed by atoms with Crippen LogP contribution in [0.2, 0.25) is 0 Å². The van der Waals surface area contributed by atoms with Gasteiger partial charge in [0.1, 0.15) is 5.69 Å². The van der Waals surface area contributed by atoms with Gasteiger partial charge in [-0.3, -0.25) is 0 Å². The Morgan fingerprint density at radius 1 is 1.30 bits per heavy atom. The molecule has 2 N–H and O–H groups in total. The molecule has 0 radical (unpaired) electrons. The third-order valence-corrected chi connectivity index (χ3v) is 2.58. The second kappa shape index (κ2) is 5.49. The van der Waals surface area contributed by atoms with Gasteiger partial charge in [-0.2, -0.15) is 0 Å². The molecule has 0 atom stereocenters. The Hall–Kier alpha value is -2.74. The zero-order chi connectivity index (χ0) is 14.7. The van der Waals surface area contributed by atoms with Crippen molar-refractivity contribution in [1.29, 1.82) is 0 Å². The number of hydrogen-bond donors (Lipinski definition) is 2. The molecule has 1 aromatic heterocycles. The van der Waals surface area contributed by atoms with Crippen molar-refractivity contribution in [3.05, 3.63) is 41.2 Å². The van der Waals surface area contributed by atoms with Crippen LogP contribution in [0.25, 0.3) is 5.69 Å². The fourth-order valence-electron chi connectivity index (χ4n) is 1.71. The number of aromatic carboxylic acids is 2. The van der Waals surface area contributed by atoms with Crippen molar-refractivity contribution < 1.29 is 24.5 Å². The Bertz CT molecular complexity index is 665. The molecule has 0 spiro atoms. The van der Waals surface area contributed by atoms with Crippen LogP contribution in [0.1, 0.15) is 26.5 Å². The molecule has 1 heterocycles. The fourth-order valence-corrected chi connectivity index (χ4v) is 1.71. The number of carboxylic acids is 2. The summed E-state index contributed by atoms with van der Waals surface area (Å²) in [6, 6.07) is 5.95. The molecule has 0 aliphatic carbocycles. The molecule has 2 aromatic rings. The smallest absolute Gasteiger partial charge is 0.358 e. The van der Waals surface area contributed by atoms with Crippen molar-refractivity contribution in [2.75, 3.05) is 7.11 Å². The van der Waals surface area contributed by atoms with Crippen molar-refractivity contribution in [1.82, 2.24) is 15.0 Å². The van der Waals surface area contributed by atoms with Crippen LogP contribution in [0.4, 0.5) is 0 Å². The van der Waals surface area contributed by atoms with Crippen molar-refractivity contribution in [3.63, 3.8) is 0 Å². The number of rotatable bonds is 5. The summed E-state index contributed by atoms with van der Waals surface area (Å²) >= 11 is 0. The number of benzene rings is 1. The second-order valence-corrected chi connectivity index (χ2v) is 3.89. The molecular weight excluding hydrogens is 266 g/mol. The van der Waals surface area contributed by atoms with E-state index >= 15 is 0 Å². The molecule has 0 aliphatic heterocycles. The van der Waals surface area contributed by atoms with E-state index in [4.69, 9.17) is 14.9 Å². The SMILES string of the molecule is COCc1c(C(=O)O)nnn1-c1cccc(C(=O)O)c1. The summed E-state index contributed by atoms with van der Waals surface area (Å²) in [5.74, 6) is -2.31. The lowest BCUT2D eigenvalue weighted by Crippen LogP contribution is -2.08. The summed E-state index contributed by atoms with van der Waals surface area (Å²) in [5.41, 5.74) is 0.477. The van der Waals surface area contributed by atoms with Crippen LogP contribution in [0, 0.1) is 0 Å². The molecule has 8 heteroatoms. The van der Waals surface area contributed by atoms with Crippen LogP contribution in [0.15, 0.2) is 24.3 Å². The number of methoxy groups -OCH3 is 1. The Morgan fingerprint density at radius 2 is 2.05 bits per heavy atom. The highest BCUT2D eigenvalue weighted by Crippen LogP contribution is 2.15. The zero-order valence-corrected chi connectivity index (χ0v) is 10.5. The van der Waals surface area contributed by atoms with E-state index in [0.717, 1.165) is 0 Å². The first-order chi connectivity index (χ1) is 9.54. The number of carbonyl (C=O) groups is 2. The van der Waals surface area contributed by atoms with E-state index in [1.54, 1.807) is 6.07 Å². The van der Waals surface area contributed by atoms with Gasteiger partial charge in [0.25, 0.3) is 0 Å². The maximum Gasteiger partial charge on any atom is 0.358 e. The van der Waals surface area contributed by atoms with E-state index in [1.807, 2.05) is 0 Å². The standard InChI is InChI=1S/C12H11N3O5/c1-20-6-9-10(12(18)19)13-14-15(9)8-4-2-3-7(5-8)11(16)17/h2-5H,6H2,1H3,(H,16,17)(H,18,19). The Morgan fingerprint density at radius 3 is 2.65 bits per heavy atom. The maximum absolute atomic E-state index is 11.1. The van der Waals surface area contributed by atoms with Gasteiger partial charge >= 0.3 is 11.9 Å². The molecular formula is C12H11N3O5. The molecule has 0 saturated carbocycles. The lowest BCUT2D eigenvalue weighted by molar-refractivity contribution is 0.0678. The minimum Gasteiger partial charge on any atom is -0.478 e. The highest BCUT2D eigenvalue weighted by molar-refractivity contribution is 5.88. The van der Waals surface area contributed by atoms with Crippen molar-refractivity contribution in [3.8, 4) is 5.69 Å². The first kappa shape index (κ1) is 13.7. The van der Waals surface area contributed by atoms with Gasteiger partial charge in [0.2, 0.25) is 0 Å². The van der Waals surface area contributed by atoms with Crippen molar-refractivity contribution in [2.45, 2.75) is 6.61 Å². The average molecular weight is 277 g/mol. The average Bonchev–Trinajstić information content (AvgIpc) is 2.83. The van der Waals surface area contributed by atoms with Gasteiger partial charge in [0.15, 0.2) is 5.69 Å². The molecule has 0 unspecified atom stereocenters. The maximum atomic E-state index is 11.1. The normalized spacial score (nSPS) is 10.4. The summed E-state index contributed by atoms with van der Waals surface area (Å²) in [5, 5.41) is 25.3. The number of nitrogens with zero attached hydrogens (tertiary/aromatic N) is 3. The lowest BCUT2D eigenvalue weighted by atomic mass is 10.2. The van der Waals surface area contributed by atoms with Crippen LogP contribution in [0.5, 0.6) is 0 Å². The van der Waals surface area contributed by atoms with Crippen molar-refractivity contribution in [2.24, 2.45) is 0 Å². The van der Waals surface area contributed by atoms with Gasteiger partial charge < -0.3 is 14.9 Å². The van der Waals surface area contributed by atoms with Gasteiger partial charge in [-0.05, 0) is 18.2 Å². The first-order valence-electron chi connectivity index (χ1n) is 5.55. The highest BCUT2D eigenvalue weighted by Gasteiger charge is 2.20. The Balaban J connectivity index is 2.54. The molecule has 0 bridgehead atoms. The zero-order valence-electron chi connectivity index (χ0n) is 10.5. The molecule has 0 aliphatic rings. The molecule has 1 aromatic carbocycles. The van der Waals surface area contributed by atoms with E-state index in [-0.39, 0.29) is 23.6 Å². The quantitative estimate of drug-likeness (QED) is 0.830. The summed E-state index contributed by atoms with van der Waals surface area (Å²) in [4.78, 5) is 22.0. The molecule has 0 saturated heterocycles. The number of carboxylic acid groups (broad SMARTS) is 2. The predicted octanol–water partition coefficient (Wildman–Crippen LogP) is 0.810. The fraction of sp³-hybridized carbons (Fsp3) is 0.167.